The van der Waals surface area contributed by atoms with E-state index in [1.165, 1.54) is 22.3 Å². The highest BCUT2D eigenvalue weighted by atomic mass is 32.2. The molecule has 2 N–H and O–H groups in total. The highest BCUT2D eigenvalue weighted by Gasteiger charge is 2.23. The van der Waals surface area contributed by atoms with Crippen LogP contribution in [0, 0.1) is 13.8 Å². The molecule has 6 heteroatoms. The highest BCUT2D eigenvalue weighted by molar-refractivity contribution is 8.02. The minimum absolute atomic E-state index is 0.118. The maximum absolute atomic E-state index is 9.52. The molecular formula is C23H24N2O3S. The molecule has 0 fully saturated rings. The van der Waals surface area contributed by atoms with E-state index in [4.69, 9.17) is 4.52 Å². The number of allylic oxidation sites excluding steroid dienone is 1. The fourth-order valence-corrected chi connectivity index (χ4v) is 5.12. The van der Waals surface area contributed by atoms with Gasteiger partial charge in [-0.25, -0.2) is 0 Å². The summed E-state index contributed by atoms with van der Waals surface area (Å²) in [5.74, 6) is 2.50. The molecule has 1 aliphatic rings. The Morgan fingerprint density at radius 1 is 1.00 bits per heavy atom. The van der Waals surface area contributed by atoms with Crippen molar-refractivity contribution in [2.75, 3.05) is 5.75 Å². The van der Waals surface area contributed by atoms with Crippen LogP contribution in [-0.2, 0) is 13.2 Å². The maximum Gasteiger partial charge on any atom is 0.258 e. The van der Waals surface area contributed by atoms with Crippen molar-refractivity contribution in [2.24, 2.45) is 0 Å². The van der Waals surface area contributed by atoms with Gasteiger partial charge in [0.2, 0.25) is 5.82 Å². The van der Waals surface area contributed by atoms with Crippen molar-refractivity contribution in [3.8, 4) is 22.8 Å². The zero-order valence-electron chi connectivity index (χ0n) is 16.8. The Labute approximate surface area is 174 Å². The molecule has 1 atom stereocenters. The molecule has 2 heterocycles. The van der Waals surface area contributed by atoms with Gasteiger partial charge < -0.3 is 14.7 Å². The van der Waals surface area contributed by atoms with Crippen molar-refractivity contribution >= 4 is 11.8 Å². The number of hydrogen-bond donors (Lipinski definition) is 2. The van der Waals surface area contributed by atoms with Crippen LogP contribution < -0.4 is 0 Å². The molecule has 0 amide bonds. The molecule has 0 saturated carbocycles. The minimum atomic E-state index is -0.151. The van der Waals surface area contributed by atoms with Gasteiger partial charge in [0, 0.05) is 22.8 Å². The van der Waals surface area contributed by atoms with E-state index in [9.17, 15) is 10.2 Å². The minimum Gasteiger partial charge on any atom is -0.392 e. The normalized spacial score (nSPS) is 16.3. The van der Waals surface area contributed by atoms with Crippen LogP contribution in [0.2, 0.25) is 0 Å². The second-order valence-corrected chi connectivity index (χ2v) is 8.40. The first-order chi connectivity index (χ1) is 14.0. The number of rotatable bonds is 5. The smallest absolute Gasteiger partial charge is 0.258 e. The first-order valence-electron chi connectivity index (χ1n) is 9.59. The third-order valence-corrected chi connectivity index (χ3v) is 6.57. The van der Waals surface area contributed by atoms with Gasteiger partial charge >= 0.3 is 0 Å². The van der Waals surface area contributed by atoms with Crippen molar-refractivity contribution in [1.82, 2.24) is 10.1 Å². The first-order valence-corrected chi connectivity index (χ1v) is 10.6. The average Bonchev–Trinajstić information content (AvgIpc) is 3.37. The fourth-order valence-electron chi connectivity index (χ4n) is 3.97. The fraction of sp³-hybridized carbons (Fsp3) is 0.304. The van der Waals surface area contributed by atoms with Crippen LogP contribution in [0.5, 0.6) is 0 Å². The molecule has 0 radical (unpaired) electrons. The van der Waals surface area contributed by atoms with E-state index in [2.05, 4.69) is 48.5 Å². The van der Waals surface area contributed by atoms with E-state index in [0.717, 1.165) is 16.9 Å². The molecule has 29 heavy (non-hydrogen) atoms. The first kappa shape index (κ1) is 19.9. The molecule has 0 saturated heterocycles. The Morgan fingerprint density at radius 2 is 1.72 bits per heavy atom. The van der Waals surface area contributed by atoms with Crippen LogP contribution in [0.25, 0.3) is 22.8 Å². The molecule has 0 spiro atoms. The summed E-state index contributed by atoms with van der Waals surface area (Å²) in [6.45, 7) is 6.21. The van der Waals surface area contributed by atoms with Gasteiger partial charge in [0.1, 0.15) is 0 Å². The Balaban J connectivity index is 1.67. The van der Waals surface area contributed by atoms with Crippen LogP contribution in [0.15, 0.2) is 45.8 Å². The Morgan fingerprint density at radius 3 is 2.34 bits per heavy atom. The zero-order chi connectivity index (χ0) is 20.5. The van der Waals surface area contributed by atoms with Gasteiger partial charge in [-0.1, -0.05) is 22.9 Å². The third kappa shape index (κ3) is 3.75. The SMILES string of the molecule is CC1=CSCC1c1c(C)cc(-c2nc(-c3ccc(CO)c(CO)c3)no2)cc1C. The number of nitrogens with zero attached hydrogens (tertiary/aromatic N) is 2. The topological polar surface area (TPSA) is 79.4 Å². The standard InChI is InChI=1S/C23H24N2O3S/c1-13-6-18(7-14(2)21(13)20-12-29-11-15(20)3)23-24-22(25-28-23)16-4-5-17(9-26)19(8-16)10-27/h4-8,11,20,26-27H,9-10,12H2,1-3H3. The van der Waals surface area contributed by atoms with E-state index >= 15 is 0 Å². The molecular weight excluding hydrogens is 384 g/mol. The number of thioether (sulfide) groups is 1. The van der Waals surface area contributed by atoms with Crippen LogP contribution in [0.1, 0.15) is 40.7 Å². The lowest BCUT2D eigenvalue weighted by Gasteiger charge is -2.18. The van der Waals surface area contributed by atoms with Crippen molar-refractivity contribution in [3.05, 3.63) is 69.1 Å². The van der Waals surface area contributed by atoms with Crippen molar-refractivity contribution in [1.29, 1.82) is 0 Å². The van der Waals surface area contributed by atoms with Crippen molar-refractivity contribution < 1.29 is 14.7 Å². The Kier molecular flexibility index (Phi) is 5.58. The Bertz CT molecular complexity index is 1060. The number of benzene rings is 2. The van der Waals surface area contributed by atoms with Crippen LogP contribution >= 0.6 is 11.8 Å². The number of aromatic nitrogens is 2. The van der Waals surface area contributed by atoms with Crippen molar-refractivity contribution in [2.45, 2.75) is 39.9 Å². The maximum atomic E-state index is 9.52. The van der Waals surface area contributed by atoms with E-state index < -0.39 is 0 Å². The summed E-state index contributed by atoms with van der Waals surface area (Å²) in [5.41, 5.74) is 8.27. The quantitative estimate of drug-likeness (QED) is 0.635. The molecule has 2 aromatic carbocycles. The number of aliphatic hydroxyl groups excluding tert-OH is 2. The summed E-state index contributed by atoms with van der Waals surface area (Å²) in [7, 11) is 0. The van der Waals surface area contributed by atoms with Gasteiger partial charge in [-0.15, -0.1) is 11.8 Å². The average molecular weight is 409 g/mol. The van der Waals surface area contributed by atoms with E-state index in [1.54, 1.807) is 12.1 Å². The van der Waals surface area contributed by atoms with Gasteiger partial charge in [-0.05, 0) is 72.2 Å². The molecule has 1 aliphatic heterocycles. The van der Waals surface area contributed by atoms with Crippen molar-refractivity contribution in [3.63, 3.8) is 0 Å². The molecule has 5 nitrogen and oxygen atoms in total. The van der Waals surface area contributed by atoms with Gasteiger partial charge in [-0.3, -0.25) is 0 Å². The van der Waals surface area contributed by atoms with Crippen LogP contribution in [0.4, 0.5) is 0 Å². The molecule has 0 aliphatic carbocycles. The van der Waals surface area contributed by atoms with E-state index in [-0.39, 0.29) is 13.2 Å². The molecule has 1 aromatic heterocycles. The summed E-state index contributed by atoms with van der Waals surface area (Å²) in [6.07, 6.45) is 0. The lowest BCUT2D eigenvalue weighted by molar-refractivity contribution is 0.260. The highest BCUT2D eigenvalue weighted by Crippen LogP contribution is 2.40. The largest absolute Gasteiger partial charge is 0.392 e. The van der Waals surface area contributed by atoms with Crippen LogP contribution in [0.3, 0.4) is 0 Å². The summed E-state index contributed by atoms with van der Waals surface area (Å²) in [5, 5.41) is 25.3. The van der Waals surface area contributed by atoms with E-state index in [0.29, 0.717) is 28.8 Å². The molecule has 150 valence electrons. The van der Waals surface area contributed by atoms with E-state index in [1.807, 2.05) is 17.8 Å². The third-order valence-electron chi connectivity index (χ3n) is 5.50. The second kappa shape index (κ2) is 8.14. The molecule has 0 bridgehead atoms. The zero-order valence-corrected chi connectivity index (χ0v) is 17.6. The monoisotopic (exact) mass is 408 g/mol. The second-order valence-electron chi connectivity index (χ2n) is 7.49. The number of aryl methyl sites for hydroxylation is 2. The predicted molar refractivity (Wildman–Crippen MR) is 115 cm³/mol. The molecule has 1 unspecified atom stereocenters. The van der Waals surface area contributed by atoms with Gasteiger partial charge in [0.15, 0.2) is 0 Å². The molecule has 3 aromatic rings. The number of hydrogen-bond acceptors (Lipinski definition) is 6. The molecule has 4 rings (SSSR count). The lowest BCUT2D eigenvalue weighted by Crippen LogP contribution is -2.05. The van der Waals surface area contributed by atoms with Gasteiger partial charge in [0.25, 0.3) is 5.89 Å². The summed E-state index contributed by atoms with van der Waals surface area (Å²) in [4.78, 5) is 4.57. The number of aliphatic hydroxyl groups is 2. The van der Waals surface area contributed by atoms with Gasteiger partial charge in [0.05, 0.1) is 13.2 Å². The van der Waals surface area contributed by atoms with Crippen LogP contribution in [-0.4, -0.2) is 26.1 Å². The predicted octanol–water partition coefficient (Wildman–Crippen LogP) is 4.74. The summed E-state index contributed by atoms with van der Waals surface area (Å²) >= 11 is 1.87. The lowest BCUT2D eigenvalue weighted by atomic mass is 9.87. The van der Waals surface area contributed by atoms with Gasteiger partial charge in [-0.2, -0.15) is 4.98 Å². The summed E-state index contributed by atoms with van der Waals surface area (Å²) in [6, 6.07) is 9.61. The Hall–Kier alpha value is -2.41. The summed E-state index contributed by atoms with van der Waals surface area (Å²) < 4.78 is 5.54.